The molecule has 0 saturated carbocycles. The third-order valence-corrected chi connectivity index (χ3v) is 9.69. The van der Waals surface area contributed by atoms with Gasteiger partial charge in [0.2, 0.25) is 17.8 Å². The van der Waals surface area contributed by atoms with Crippen LogP contribution >= 0.6 is 0 Å². The van der Waals surface area contributed by atoms with Crippen LogP contribution < -0.4 is 26.4 Å². The number of fused-ring (bicyclic) bond motifs is 1. The van der Waals surface area contributed by atoms with Crippen molar-refractivity contribution in [3.8, 4) is 5.75 Å². The number of piperazine rings is 1. The minimum Gasteiger partial charge on any atom is -0.496 e. The summed E-state index contributed by atoms with van der Waals surface area (Å²) in [7, 11) is 1.69. The fourth-order valence-corrected chi connectivity index (χ4v) is 6.66. The first-order valence-electron chi connectivity index (χ1n) is 20.3. The number of nitrogens with zero attached hydrogens (tertiary/aromatic N) is 5. The van der Waals surface area contributed by atoms with Crippen LogP contribution in [0.1, 0.15) is 90.2 Å². The SMILES string of the molecule is CCCCCNc1nc(N)nc2ccn(Cc3ccc(CN4CCN(C(=O)CCOCCC(=O)NCCCC[C@H](NC(=O)OC(C)(C)C)C(=O)O)CC4)cc3OC)c12. The molecule has 58 heavy (non-hydrogen) atoms. The molecular formula is C41H63N9O8. The summed E-state index contributed by atoms with van der Waals surface area (Å²) >= 11 is 0. The highest BCUT2D eigenvalue weighted by Crippen LogP contribution is 2.28. The molecule has 1 atom stereocenters. The summed E-state index contributed by atoms with van der Waals surface area (Å²) in [6, 6.07) is 7.20. The highest BCUT2D eigenvalue weighted by molar-refractivity contribution is 5.87. The lowest BCUT2D eigenvalue weighted by atomic mass is 10.1. The average Bonchev–Trinajstić information content (AvgIpc) is 3.57. The number of amides is 3. The molecule has 3 heterocycles. The number of alkyl carbamates (subject to hydrolysis) is 1. The molecule has 1 saturated heterocycles. The summed E-state index contributed by atoms with van der Waals surface area (Å²) in [5.74, 6) is 0.479. The zero-order valence-corrected chi connectivity index (χ0v) is 34.8. The molecule has 1 fully saturated rings. The van der Waals surface area contributed by atoms with Gasteiger partial charge in [0, 0.05) is 64.0 Å². The highest BCUT2D eigenvalue weighted by atomic mass is 16.6. The third-order valence-electron chi connectivity index (χ3n) is 9.69. The minimum atomic E-state index is -1.14. The van der Waals surface area contributed by atoms with Gasteiger partial charge in [0.1, 0.15) is 22.9 Å². The predicted molar refractivity (Wildman–Crippen MR) is 222 cm³/mol. The number of aliphatic carboxylic acids is 1. The van der Waals surface area contributed by atoms with Gasteiger partial charge in [-0.05, 0) is 64.2 Å². The second-order valence-electron chi connectivity index (χ2n) is 15.5. The Bertz CT molecular complexity index is 1800. The molecule has 2 aromatic heterocycles. The van der Waals surface area contributed by atoms with Gasteiger partial charge in [-0.2, -0.15) is 4.98 Å². The Morgan fingerprint density at radius 3 is 2.40 bits per heavy atom. The number of anilines is 2. The van der Waals surface area contributed by atoms with Crippen LogP contribution in [0, 0.1) is 0 Å². The van der Waals surface area contributed by atoms with Crippen LogP contribution in [0.15, 0.2) is 30.5 Å². The molecule has 320 valence electrons. The largest absolute Gasteiger partial charge is 0.496 e. The summed E-state index contributed by atoms with van der Waals surface area (Å²) in [5.41, 5.74) is 9.14. The number of nitrogen functional groups attached to an aromatic ring is 1. The van der Waals surface area contributed by atoms with Crippen LogP contribution in [0.5, 0.6) is 5.75 Å². The van der Waals surface area contributed by atoms with E-state index in [0.717, 1.165) is 79.2 Å². The molecule has 1 aliphatic rings. The van der Waals surface area contributed by atoms with Crippen LogP contribution in [-0.2, 0) is 36.9 Å². The Morgan fingerprint density at radius 2 is 1.69 bits per heavy atom. The summed E-state index contributed by atoms with van der Waals surface area (Å²) < 4.78 is 18.7. The van der Waals surface area contributed by atoms with Gasteiger partial charge in [0.25, 0.3) is 0 Å². The predicted octanol–water partition coefficient (Wildman–Crippen LogP) is 4.38. The summed E-state index contributed by atoms with van der Waals surface area (Å²) in [4.78, 5) is 61.6. The van der Waals surface area contributed by atoms with E-state index in [0.29, 0.717) is 39.0 Å². The molecule has 0 spiro atoms. The maximum Gasteiger partial charge on any atom is 0.408 e. The standard InChI is InChI=1S/C41H63N9O8/c1-6-7-9-18-44-37-36-31(45-39(42)47-37)14-19-50(36)28-30-13-12-29(26-33(30)56-5)27-48-20-22-49(23-21-48)35(52)16-25-57-24-15-34(51)43-17-10-8-11-32(38(53)54)46-40(55)58-41(2,3)4/h12-14,19,26,32H,6-11,15-18,20-25,27-28H2,1-5H3,(H,43,51)(H,46,55)(H,53,54)(H3,42,44,45,47)/t32-/m0/s1. The Kier molecular flexibility index (Phi) is 17.8. The molecule has 0 bridgehead atoms. The molecule has 0 radical (unpaired) electrons. The van der Waals surface area contributed by atoms with Gasteiger partial charge in [-0.25, -0.2) is 14.6 Å². The van der Waals surface area contributed by atoms with Gasteiger partial charge in [-0.15, -0.1) is 0 Å². The number of carbonyl (C=O) groups is 4. The van der Waals surface area contributed by atoms with E-state index >= 15 is 0 Å². The number of benzene rings is 1. The molecule has 3 aromatic rings. The summed E-state index contributed by atoms with van der Waals surface area (Å²) in [6.45, 7) is 13.0. The molecule has 17 heteroatoms. The van der Waals surface area contributed by atoms with E-state index in [-0.39, 0.29) is 50.2 Å². The number of carboxylic acids is 1. The molecule has 3 amide bonds. The van der Waals surface area contributed by atoms with Gasteiger partial charge in [-0.3, -0.25) is 14.5 Å². The van der Waals surface area contributed by atoms with Crippen molar-refractivity contribution < 1.29 is 38.5 Å². The first-order chi connectivity index (χ1) is 27.8. The second kappa shape index (κ2) is 22.7. The van der Waals surface area contributed by atoms with Crippen LogP contribution in [0.25, 0.3) is 11.0 Å². The van der Waals surface area contributed by atoms with Gasteiger partial charge >= 0.3 is 12.1 Å². The van der Waals surface area contributed by atoms with Gasteiger partial charge in [-0.1, -0.05) is 31.9 Å². The van der Waals surface area contributed by atoms with Crippen molar-refractivity contribution in [3.05, 3.63) is 41.6 Å². The van der Waals surface area contributed by atoms with E-state index < -0.39 is 23.7 Å². The van der Waals surface area contributed by atoms with Crippen LogP contribution in [0.2, 0.25) is 0 Å². The number of hydrogen-bond donors (Lipinski definition) is 5. The maximum absolute atomic E-state index is 12.9. The van der Waals surface area contributed by atoms with E-state index in [1.165, 1.54) is 0 Å². The molecule has 6 N–H and O–H groups in total. The van der Waals surface area contributed by atoms with Crippen molar-refractivity contribution in [1.82, 2.24) is 35.0 Å². The van der Waals surface area contributed by atoms with Crippen molar-refractivity contribution in [3.63, 3.8) is 0 Å². The number of unbranched alkanes of at least 4 members (excludes halogenated alkanes) is 3. The zero-order chi connectivity index (χ0) is 42.1. The Labute approximate surface area is 341 Å². The fourth-order valence-electron chi connectivity index (χ4n) is 6.66. The third kappa shape index (κ3) is 15.0. The number of aromatic nitrogens is 3. The maximum atomic E-state index is 12.9. The first kappa shape index (κ1) is 45.5. The fraction of sp³-hybridized carbons (Fsp3) is 0.610. The molecule has 0 unspecified atom stereocenters. The molecule has 0 aliphatic carbocycles. The number of nitrogens with one attached hydrogen (secondary N) is 3. The topological polar surface area (TPSA) is 215 Å². The Hall–Kier alpha value is -5.16. The number of carboxylic acid groups (broad SMARTS) is 1. The van der Waals surface area contributed by atoms with E-state index in [1.54, 1.807) is 27.9 Å². The molecule has 1 aliphatic heterocycles. The van der Waals surface area contributed by atoms with Crippen LogP contribution in [0.4, 0.5) is 16.6 Å². The van der Waals surface area contributed by atoms with Crippen molar-refractivity contribution in [2.75, 3.05) is 70.6 Å². The van der Waals surface area contributed by atoms with Crippen LogP contribution in [0.3, 0.4) is 0 Å². The second-order valence-corrected chi connectivity index (χ2v) is 15.5. The Balaban J connectivity index is 1.11. The number of hydrogen-bond acceptors (Lipinski definition) is 12. The van der Waals surface area contributed by atoms with E-state index in [2.05, 4.69) is 60.5 Å². The number of ether oxygens (including phenoxy) is 3. The van der Waals surface area contributed by atoms with Crippen molar-refractivity contribution in [1.29, 1.82) is 0 Å². The number of rotatable bonds is 23. The normalized spacial score (nSPS) is 13.9. The van der Waals surface area contributed by atoms with Crippen LogP contribution in [-0.4, -0.2) is 125 Å². The van der Waals surface area contributed by atoms with Crippen molar-refractivity contribution in [2.45, 2.75) is 104 Å². The van der Waals surface area contributed by atoms with E-state index in [9.17, 15) is 24.3 Å². The first-order valence-corrected chi connectivity index (χ1v) is 20.3. The lowest BCUT2D eigenvalue weighted by Crippen LogP contribution is -2.48. The molecule has 17 nitrogen and oxygen atoms in total. The lowest BCUT2D eigenvalue weighted by Gasteiger charge is -2.35. The van der Waals surface area contributed by atoms with E-state index in [4.69, 9.17) is 19.9 Å². The average molecular weight is 810 g/mol. The van der Waals surface area contributed by atoms with Crippen molar-refractivity contribution in [2.24, 2.45) is 0 Å². The number of nitrogens with two attached hydrogens (primary N) is 1. The number of methoxy groups -OCH3 is 1. The van der Waals surface area contributed by atoms with Crippen molar-refractivity contribution >= 4 is 46.7 Å². The van der Waals surface area contributed by atoms with Gasteiger partial charge in [0.05, 0.1) is 38.8 Å². The molecule has 1 aromatic carbocycles. The van der Waals surface area contributed by atoms with Gasteiger partial charge in [0.15, 0.2) is 5.82 Å². The van der Waals surface area contributed by atoms with E-state index in [1.807, 2.05) is 17.2 Å². The Morgan fingerprint density at radius 1 is 0.948 bits per heavy atom. The number of carbonyl (C=O) groups excluding carboxylic acids is 3. The smallest absolute Gasteiger partial charge is 0.408 e. The minimum absolute atomic E-state index is 0.0286. The monoisotopic (exact) mass is 809 g/mol. The summed E-state index contributed by atoms with van der Waals surface area (Å²) in [5, 5.41) is 18.0. The molecular weight excluding hydrogens is 747 g/mol. The highest BCUT2D eigenvalue weighted by Gasteiger charge is 2.24. The molecule has 4 rings (SSSR count). The summed E-state index contributed by atoms with van der Waals surface area (Å²) in [6.07, 6.45) is 6.19. The quantitative estimate of drug-likeness (QED) is 0.0843. The van der Waals surface area contributed by atoms with Gasteiger partial charge < -0.3 is 50.5 Å². The zero-order valence-electron chi connectivity index (χ0n) is 34.8. The lowest BCUT2D eigenvalue weighted by molar-refractivity contribution is -0.139.